The fourth-order valence-corrected chi connectivity index (χ4v) is 3.37. The Hall–Kier alpha value is -3.18. The first-order valence-electron chi connectivity index (χ1n) is 11.2. The second-order valence-electron chi connectivity index (χ2n) is 8.87. The van der Waals surface area contributed by atoms with Crippen LogP contribution in [0.5, 0.6) is 17.2 Å². The molecule has 0 saturated heterocycles. The molecule has 0 aliphatic carbocycles. The quantitative estimate of drug-likeness (QED) is 0.235. The maximum Gasteiger partial charge on any atom is 0.351 e. The fraction of sp³-hybridized carbons (Fsp3) is 0.321. The van der Waals surface area contributed by atoms with Crippen LogP contribution in [0.3, 0.4) is 0 Å². The Morgan fingerprint density at radius 2 is 1.44 bits per heavy atom. The van der Waals surface area contributed by atoms with Gasteiger partial charge in [-0.2, -0.15) is 0 Å². The summed E-state index contributed by atoms with van der Waals surface area (Å²) < 4.78 is 22.5. The van der Waals surface area contributed by atoms with Crippen molar-refractivity contribution in [2.75, 3.05) is 20.3 Å². The SMILES string of the molecule is COC(=O)C(Oc1cccc(C(C)(C)C)c1)c1ccc(OCCCOc2ccc(Cl)cc2)cc1. The van der Waals surface area contributed by atoms with Crippen molar-refractivity contribution in [2.24, 2.45) is 0 Å². The summed E-state index contributed by atoms with van der Waals surface area (Å²) in [6.07, 6.45) is -0.149. The minimum atomic E-state index is -0.873. The lowest BCUT2D eigenvalue weighted by atomic mass is 9.87. The molecular formula is C28H31ClO5. The molecule has 0 spiro atoms. The summed E-state index contributed by atoms with van der Waals surface area (Å²) in [5, 5.41) is 0.678. The minimum Gasteiger partial charge on any atom is -0.493 e. The van der Waals surface area contributed by atoms with Gasteiger partial charge in [-0.3, -0.25) is 0 Å². The number of rotatable bonds is 10. The smallest absolute Gasteiger partial charge is 0.351 e. The van der Waals surface area contributed by atoms with Gasteiger partial charge in [-0.1, -0.05) is 56.6 Å². The monoisotopic (exact) mass is 482 g/mol. The highest BCUT2D eigenvalue weighted by Gasteiger charge is 2.24. The molecule has 0 fully saturated rings. The Morgan fingerprint density at radius 1 is 0.853 bits per heavy atom. The molecule has 180 valence electrons. The third-order valence-corrected chi connectivity index (χ3v) is 5.44. The first-order chi connectivity index (χ1) is 16.3. The van der Waals surface area contributed by atoms with E-state index in [1.807, 2.05) is 60.7 Å². The van der Waals surface area contributed by atoms with Crippen molar-refractivity contribution in [2.45, 2.75) is 38.7 Å². The topological polar surface area (TPSA) is 54.0 Å². The van der Waals surface area contributed by atoms with Crippen molar-refractivity contribution >= 4 is 17.6 Å². The van der Waals surface area contributed by atoms with Crippen LogP contribution in [-0.4, -0.2) is 26.3 Å². The molecule has 0 bridgehead atoms. The fourth-order valence-electron chi connectivity index (χ4n) is 3.24. The van der Waals surface area contributed by atoms with Crippen LogP contribution >= 0.6 is 11.6 Å². The zero-order valence-corrected chi connectivity index (χ0v) is 20.8. The van der Waals surface area contributed by atoms with E-state index in [0.717, 1.165) is 17.7 Å². The molecule has 0 N–H and O–H groups in total. The summed E-state index contributed by atoms with van der Waals surface area (Å²) >= 11 is 5.87. The summed E-state index contributed by atoms with van der Waals surface area (Å²) in [4.78, 5) is 12.5. The number of ether oxygens (including phenoxy) is 4. The van der Waals surface area contributed by atoms with E-state index in [4.69, 9.17) is 30.5 Å². The van der Waals surface area contributed by atoms with Crippen LogP contribution in [0.4, 0.5) is 0 Å². The Labute approximate surface area is 206 Å². The number of hydrogen-bond donors (Lipinski definition) is 0. The standard InChI is InChI=1S/C28H31ClO5/c1-28(2,3)21-7-5-8-25(19-21)34-26(27(30)31-4)20-9-13-23(14-10-20)32-17-6-18-33-24-15-11-22(29)12-16-24/h5,7-16,19,26H,6,17-18H2,1-4H3. The minimum absolute atomic E-state index is 0.0288. The number of benzene rings is 3. The number of halogens is 1. The maximum atomic E-state index is 12.5. The van der Waals surface area contributed by atoms with Gasteiger partial charge in [-0.15, -0.1) is 0 Å². The summed E-state index contributed by atoms with van der Waals surface area (Å²) in [6.45, 7) is 7.43. The summed E-state index contributed by atoms with van der Waals surface area (Å²) in [7, 11) is 1.36. The molecule has 0 aromatic heterocycles. The van der Waals surface area contributed by atoms with Gasteiger partial charge in [0, 0.05) is 17.0 Å². The highest BCUT2D eigenvalue weighted by atomic mass is 35.5. The van der Waals surface area contributed by atoms with E-state index in [1.54, 1.807) is 12.1 Å². The lowest BCUT2D eigenvalue weighted by Gasteiger charge is -2.22. The van der Waals surface area contributed by atoms with Crippen LogP contribution < -0.4 is 14.2 Å². The third kappa shape index (κ3) is 7.42. The Balaban J connectivity index is 1.56. The van der Waals surface area contributed by atoms with Gasteiger partial charge in [0.1, 0.15) is 17.2 Å². The van der Waals surface area contributed by atoms with Crippen LogP contribution in [0.2, 0.25) is 5.02 Å². The molecule has 0 aliphatic rings. The van der Waals surface area contributed by atoms with Crippen molar-refractivity contribution in [1.29, 1.82) is 0 Å². The zero-order chi connectivity index (χ0) is 24.6. The second-order valence-corrected chi connectivity index (χ2v) is 9.31. The van der Waals surface area contributed by atoms with Gasteiger partial charge >= 0.3 is 5.97 Å². The van der Waals surface area contributed by atoms with Crippen molar-refractivity contribution in [3.63, 3.8) is 0 Å². The first-order valence-corrected chi connectivity index (χ1v) is 11.6. The van der Waals surface area contributed by atoms with Gasteiger partial charge < -0.3 is 18.9 Å². The molecular weight excluding hydrogens is 452 g/mol. The molecule has 0 heterocycles. The van der Waals surface area contributed by atoms with Gasteiger partial charge in [0.05, 0.1) is 20.3 Å². The van der Waals surface area contributed by atoms with E-state index in [2.05, 4.69) is 20.8 Å². The summed E-state index contributed by atoms with van der Waals surface area (Å²) in [5.41, 5.74) is 1.78. The van der Waals surface area contributed by atoms with Crippen molar-refractivity contribution in [1.82, 2.24) is 0 Å². The zero-order valence-electron chi connectivity index (χ0n) is 20.0. The molecule has 1 unspecified atom stereocenters. The van der Waals surface area contributed by atoms with Gasteiger partial charge in [-0.05, 0) is 59.5 Å². The predicted octanol–water partition coefficient (Wildman–Crippen LogP) is 6.78. The molecule has 1 atom stereocenters. The maximum absolute atomic E-state index is 12.5. The van der Waals surface area contributed by atoms with Crippen LogP contribution in [0.1, 0.15) is 44.4 Å². The number of carbonyl (C=O) groups excluding carboxylic acids is 1. The summed E-state index contributed by atoms with van der Waals surface area (Å²) in [6, 6.07) is 22.3. The molecule has 34 heavy (non-hydrogen) atoms. The van der Waals surface area contributed by atoms with Gasteiger partial charge in [0.25, 0.3) is 0 Å². The Bertz CT molecular complexity index is 1060. The summed E-state index contributed by atoms with van der Waals surface area (Å²) in [5.74, 6) is 1.63. The first kappa shape index (κ1) is 25.4. The van der Waals surface area contributed by atoms with Crippen LogP contribution in [0.15, 0.2) is 72.8 Å². The molecule has 0 aliphatic heterocycles. The predicted molar refractivity (Wildman–Crippen MR) is 134 cm³/mol. The van der Waals surface area contributed by atoms with Gasteiger partial charge in [-0.25, -0.2) is 4.79 Å². The molecule has 0 radical (unpaired) electrons. The van der Waals surface area contributed by atoms with E-state index in [0.29, 0.717) is 35.3 Å². The lowest BCUT2D eigenvalue weighted by Crippen LogP contribution is -2.20. The molecule has 3 aromatic carbocycles. The number of carbonyl (C=O) groups is 1. The van der Waals surface area contributed by atoms with Gasteiger partial charge in [0.2, 0.25) is 6.10 Å². The molecule has 0 saturated carbocycles. The van der Waals surface area contributed by atoms with Crippen LogP contribution in [0, 0.1) is 0 Å². The Morgan fingerprint density at radius 3 is 2.00 bits per heavy atom. The largest absolute Gasteiger partial charge is 0.493 e. The van der Waals surface area contributed by atoms with Crippen LogP contribution in [0.25, 0.3) is 0 Å². The van der Waals surface area contributed by atoms with Crippen molar-refractivity contribution in [3.05, 3.63) is 88.9 Å². The molecule has 3 aromatic rings. The third-order valence-electron chi connectivity index (χ3n) is 5.19. The molecule has 5 nitrogen and oxygen atoms in total. The highest BCUT2D eigenvalue weighted by molar-refractivity contribution is 6.30. The van der Waals surface area contributed by atoms with Crippen molar-refractivity contribution < 1.29 is 23.7 Å². The van der Waals surface area contributed by atoms with Crippen molar-refractivity contribution in [3.8, 4) is 17.2 Å². The van der Waals surface area contributed by atoms with E-state index >= 15 is 0 Å². The average Bonchev–Trinajstić information content (AvgIpc) is 2.83. The molecule has 0 amide bonds. The lowest BCUT2D eigenvalue weighted by molar-refractivity contribution is -0.149. The number of hydrogen-bond acceptors (Lipinski definition) is 5. The number of methoxy groups -OCH3 is 1. The van der Waals surface area contributed by atoms with E-state index < -0.39 is 12.1 Å². The van der Waals surface area contributed by atoms with Gasteiger partial charge in [0.15, 0.2) is 0 Å². The van der Waals surface area contributed by atoms with E-state index in [-0.39, 0.29) is 5.41 Å². The molecule has 6 heteroatoms. The van der Waals surface area contributed by atoms with E-state index in [9.17, 15) is 4.79 Å². The van der Waals surface area contributed by atoms with E-state index in [1.165, 1.54) is 7.11 Å². The molecule has 3 rings (SSSR count). The number of esters is 1. The second kappa shape index (κ2) is 11.8. The Kier molecular flexibility index (Phi) is 8.83. The normalized spacial score (nSPS) is 12.0. The highest BCUT2D eigenvalue weighted by Crippen LogP contribution is 2.29. The average molecular weight is 483 g/mol. The van der Waals surface area contributed by atoms with Crippen LogP contribution in [-0.2, 0) is 14.9 Å².